The zero-order valence-electron chi connectivity index (χ0n) is 7.44. The minimum atomic E-state index is -3.13. The Labute approximate surface area is 76.4 Å². The van der Waals surface area contributed by atoms with E-state index in [1.54, 1.807) is 6.92 Å². The summed E-state index contributed by atoms with van der Waals surface area (Å²) in [6.45, 7) is 1.96. The van der Waals surface area contributed by atoms with Crippen molar-refractivity contribution in [1.29, 1.82) is 0 Å². The zero-order valence-corrected chi connectivity index (χ0v) is 8.26. The van der Waals surface area contributed by atoms with Crippen LogP contribution in [0.2, 0.25) is 0 Å². The topological polar surface area (TPSA) is 85.1 Å². The molecule has 13 heavy (non-hydrogen) atoms. The van der Waals surface area contributed by atoms with Crippen LogP contribution in [0.4, 0.5) is 0 Å². The van der Waals surface area contributed by atoms with Gasteiger partial charge in [0.25, 0.3) is 0 Å². The molecule has 0 unspecified atom stereocenters. The van der Waals surface area contributed by atoms with Crippen molar-refractivity contribution in [3.63, 3.8) is 0 Å². The van der Waals surface area contributed by atoms with Crippen molar-refractivity contribution in [3.8, 4) is 0 Å². The number of nitrogens with zero attached hydrogens (tertiary/aromatic N) is 2. The highest BCUT2D eigenvalue weighted by molar-refractivity contribution is 7.88. The van der Waals surface area contributed by atoms with Crippen LogP contribution in [0.3, 0.4) is 0 Å². The van der Waals surface area contributed by atoms with E-state index in [1.165, 1.54) is 0 Å². The summed E-state index contributed by atoms with van der Waals surface area (Å²) in [7, 11) is -3.13. The Bertz CT molecular complexity index is 370. The van der Waals surface area contributed by atoms with Gasteiger partial charge in [0.15, 0.2) is 0 Å². The molecule has 0 aromatic carbocycles. The molecule has 0 saturated heterocycles. The highest BCUT2D eigenvalue weighted by Crippen LogP contribution is 1.97. The normalized spacial score (nSPS) is 11.8. The van der Waals surface area contributed by atoms with Crippen LogP contribution in [0, 0.1) is 6.92 Å². The monoisotopic (exact) mass is 205 g/mol. The third kappa shape index (κ3) is 4.00. The van der Waals surface area contributed by atoms with Crippen molar-refractivity contribution in [2.45, 2.75) is 13.3 Å². The lowest BCUT2D eigenvalue weighted by molar-refractivity contribution is 0.466. The maximum atomic E-state index is 10.6. The van der Waals surface area contributed by atoms with Gasteiger partial charge in [0.2, 0.25) is 21.8 Å². The van der Waals surface area contributed by atoms with E-state index in [0.717, 1.165) is 6.26 Å². The van der Waals surface area contributed by atoms with Gasteiger partial charge in [0.1, 0.15) is 0 Å². The van der Waals surface area contributed by atoms with Gasteiger partial charge in [-0.2, -0.15) is 0 Å². The molecular weight excluding hydrogens is 194 g/mol. The Kier molecular flexibility index (Phi) is 2.99. The fourth-order valence-corrected chi connectivity index (χ4v) is 1.25. The smallest absolute Gasteiger partial charge is 0.217 e. The molecule has 74 valence electrons. The van der Waals surface area contributed by atoms with Gasteiger partial charge < -0.3 is 4.42 Å². The standard InChI is InChI=1S/C6H11N3O3S/c1-5-8-9-6(12-5)3-4-7-13(2,10)11/h7H,3-4H2,1-2H3. The lowest BCUT2D eigenvalue weighted by atomic mass is 10.4. The molecule has 0 aliphatic rings. The molecule has 0 atom stereocenters. The first-order valence-electron chi connectivity index (χ1n) is 3.71. The summed E-state index contributed by atoms with van der Waals surface area (Å²) in [5, 5.41) is 7.32. The molecule has 1 rings (SSSR count). The summed E-state index contributed by atoms with van der Waals surface area (Å²) in [4.78, 5) is 0. The van der Waals surface area contributed by atoms with E-state index in [-0.39, 0.29) is 6.54 Å². The number of hydrogen-bond donors (Lipinski definition) is 1. The Morgan fingerprint density at radius 1 is 1.46 bits per heavy atom. The van der Waals surface area contributed by atoms with Gasteiger partial charge >= 0.3 is 0 Å². The van der Waals surface area contributed by atoms with Crippen molar-refractivity contribution < 1.29 is 12.8 Å². The average Bonchev–Trinajstić information content (AvgIpc) is 2.33. The van der Waals surface area contributed by atoms with E-state index in [9.17, 15) is 8.42 Å². The highest BCUT2D eigenvalue weighted by atomic mass is 32.2. The lowest BCUT2D eigenvalue weighted by Crippen LogP contribution is -2.24. The molecule has 0 fully saturated rings. The van der Waals surface area contributed by atoms with Gasteiger partial charge in [-0.05, 0) is 0 Å². The minimum absolute atomic E-state index is 0.278. The molecule has 0 saturated carbocycles. The highest BCUT2D eigenvalue weighted by Gasteiger charge is 2.04. The summed E-state index contributed by atoms with van der Waals surface area (Å²) >= 11 is 0. The van der Waals surface area contributed by atoms with Crippen LogP contribution >= 0.6 is 0 Å². The lowest BCUT2D eigenvalue weighted by Gasteiger charge is -1.97. The number of aryl methyl sites for hydroxylation is 1. The first-order valence-corrected chi connectivity index (χ1v) is 5.60. The van der Waals surface area contributed by atoms with Crippen molar-refractivity contribution in [2.24, 2.45) is 0 Å². The summed E-state index contributed by atoms with van der Waals surface area (Å²) in [5.74, 6) is 0.919. The van der Waals surface area contributed by atoms with Crippen LogP contribution in [0.5, 0.6) is 0 Å². The molecule has 0 aliphatic heterocycles. The van der Waals surface area contributed by atoms with Crippen LogP contribution in [0.25, 0.3) is 0 Å². The first-order chi connectivity index (χ1) is 5.97. The molecule has 0 amide bonds. The molecule has 7 heteroatoms. The first kappa shape index (κ1) is 10.1. The van der Waals surface area contributed by atoms with Crippen molar-refractivity contribution in [3.05, 3.63) is 11.8 Å². The summed E-state index contributed by atoms with van der Waals surface area (Å²) in [5.41, 5.74) is 0. The quantitative estimate of drug-likeness (QED) is 0.714. The maximum absolute atomic E-state index is 10.6. The molecule has 0 bridgehead atoms. The minimum Gasteiger partial charge on any atom is -0.426 e. The molecule has 0 aliphatic carbocycles. The number of sulfonamides is 1. The van der Waals surface area contributed by atoms with Gasteiger partial charge in [-0.15, -0.1) is 10.2 Å². The molecule has 1 heterocycles. The molecular formula is C6H11N3O3S. The molecule has 0 radical (unpaired) electrons. The Balaban J connectivity index is 2.36. The molecule has 6 nitrogen and oxygen atoms in total. The predicted molar refractivity (Wildman–Crippen MR) is 45.6 cm³/mol. The maximum Gasteiger partial charge on any atom is 0.217 e. The van der Waals surface area contributed by atoms with Gasteiger partial charge in [0, 0.05) is 19.9 Å². The SMILES string of the molecule is Cc1nnc(CCNS(C)(=O)=O)o1. The van der Waals surface area contributed by atoms with E-state index < -0.39 is 10.0 Å². The van der Waals surface area contributed by atoms with Crippen LogP contribution in [0.15, 0.2) is 4.42 Å². The number of nitrogens with one attached hydrogen (secondary N) is 1. The number of rotatable bonds is 4. The van der Waals surface area contributed by atoms with Gasteiger partial charge in [0.05, 0.1) is 6.26 Å². The predicted octanol–water partition coefficient (Wildman–Crippen LogP) is -0.530. The second-order valence-corrected chi connectivity index (χ2v) is 4.46. The molecule has 1 aromatic heterocycles. The fourth-order valence-electron chi connectivity index (χ4n) is 0.782. The van der Waals surface area contributed by atoms with Crippen molar-refractivity contribution in [2.75, 3.05) is 12.8 Å². The number of aromatic nitrogens is 2. The van der Waals surface area contributed by atoms with E-state index in [1.807, 2.05) is 0 Å². The molecule has 1 N–H and O–H groups in total. The molecule has 1 aromatic rings. The Morgan fingerprint density at radius 3 is 2.62 bits per heavy atom. The van der Waals surface area contributed by atoms with E-state index >= 15 is 0 Å². The van der Waals surface area contributed by atoms with Crippen LogP contribution in [-0.2, 0) is 16.4 Å². The Morgan fingerprint density at radius 2 is 2.15 bits per heavy atom. The average molecular weight is 205 g/mol. The van der Waals surface area contributed by atoms with Crippen LogP contribution in [0.1, 0.15) is 11.8 Å². The van der Waals surface area contributed by atoms with Gasteiger partial charge in [-0.25, -0.2) is 13.1 Å². The third-order valence-electron chi connectivity index (χ3n) is 1.27. The summed E-state index contributed by atoms with van der Waals surface area (Å²) in [6, 6.07) is 0. The summed E-state index contributed by atoms with van der Waals surface area (Å²) in [6.07, 6.45) is 1.51. The van der Waals surface area contributed by atoms with E-state index in [4.69, 9.17) is 4.42 Å². The van der Waals surface area contributed by atoms with Gasteiger partial charge in [-0.1, -0.05) is 0 Å². The second kappa shape index (κ2) is 3.84. The van der Waals surface area contributed by atoms with Crippen LogP contribution in [-0.4, -0.2) is 31.4 Å². The third-order valence-corrected chi connectivity index (χ3v) is 2.00. The zero-order chi connectivity index (χ0) is 9.90. The van der Waals surface area contributed by atoms with Crippen molar-refractivity contribution >= 4 is 10.0 Å². The Hall–Kier alpha value is -0.950. The van der Waals surface area contributed by atoms with E-state index in [0.29, 0.717) is 18.2 Å². The van der Waals surface area contributed by atoms with E-state index in [2.05, 4.69) is 14.9 Å². The second-order valence-electron chi connectivity index (χ2n) is 2.63. The van der Waals surface area contributed by atoms with Crippen molar-refractivity contribution in [1.82, 2.24) is 14.9 Å². The largest absolute Gasteiger partial charge is 0.426 e. The summed E-state index contributed by atoms with van der Waals surface area (Å²) < 4.78 is 28.7. The molecule has 0 spiro atoms. The fraction of sp³-hybridized carbons (Fsp3) is 0.667. The number of hydrogen-bond acceptors (Lipinski definition) is 5. The van der Waals surface area contributed by atoms with Gasteiger partial charge in [-0.3, -0.25) is 0 Å². The van der Waals surface area contributed by atoms with Crippen LogP contribution < -0.4 is 4.72 Å².